The lowest BCUT2D eigenvalue weighted by Crippen LogP contribution is -2.55. The average Bonchev–Trinajstić information content (AvgIpc) is 1.72. The Labute approximate surface area is 629 Å². The molecule has 4 aromatic heterocycles. The summed E-state index contributed by atoms with van der Waals surface area (Å²) in [4.78, 5) is 96.0. The molecule has 23 nitrogen and oxygen atoms in total. The fraction of sp³-hybridized carbons (Fsp3) is 0.524. The van der Waals surface area contributed by atoms with Gasteiger partial charge in [0.1, 0.15) is 0 Å². The van der Waals surface area contributed by atoms with Gasteiger partial charge in [-0.05, 0) is 226 Å². The maximum atomic E-state index is 14.3. The summed E-state index contributed by atoms with van der Waals surface area (Å²) in [5.41, 5.74) is 16.1. The van der Waals surface area contributed by atoms with E-state index in [-0.39, 0.29) is 85.5 Å². The zero-order chi connectivity index (χ0) is 74.9. The van der Waals surface area contributed by atoms with Crippen LogP contribution in [0.15, 0.2) is 132 Å². The van der Waals surface area contributed by atoms with Crippen LogP contribution in [0.2, 0.25) is 0 Å². The number of aryl methyl sites for hydroxylation is 2. The average molecular weight is 1460 g/mol. The zero-order valence-corrected chi connectivity index (χ0v) is 63.6. The maximum Gasteiger partial charge on any atom is 0.307 e. The number of H-pyrrole nitrogens is 2. The molecule has 6 aliphatic rings. The number of hydrogen-bond acceptors (Lipinski definition) is 17. The highest BCUT2D eigenvalue weighted by Gasteiger charge is 2.36. The van der Waals surface area contributed by atoms with Crippen molar-refractivity contribution in [3.63, 3.8) is 0 Å². The van der Waals surface area contributed by atoms with E-state index in [4.69, 9.17) is 15.2 Å². The maximum absolute atomic E-state index is 14.3. The van der Waals surface area contributed by atoms with Gasteiger partial charge in [0, 0.05) is 131 Å². The van der Waals surface area contributed by atoms with Crippen LogP contribution in [0.3, 0.4) is 0 Å². The highest BCUT2D eigenvalue weighted by Crippen LogP contribution is 2.32. The molecule has 0 spiro atoms. The first-order chi connectivity index (χ1) is 52.0. The fourth-order valence-corrected chi connectivity index (χ4v) is 17.0. The SMILES string of the molecule is C=CCCC(=O)OCn1c(=O)c(C2CCN(C(=O)C[C@H](Cc3cc(C)c4[nH]ncc4c3)C(=O)N3CCN(C4CCN(C)CC4)CC3)CC2)cc2ccccc21.C=CCCC(=O)OCn1c(=O)c(C2CCNCC2)cc2ccccc21.Cc1cc(C[C@@H](N)CN2CCN(C3CCN(C)CC3)CC2)cc2cn[nH]c12. The normalized spacial score (nSPS) is 18.7. The Bertz CT molecular complexity index is 4460. The second-order valence-electron chi connectivity index (χ2n) is 30.7. The molecule has 4 aromatic carbocycles. The van der Waals surface area contributed by atoms with E-state index >= 15 is 0 Å². The standard InChI is InChI=1S/C43H55N7O5.C21H34N6.C20H24N2O3/c1-4-5-10-40(52)55-29-50-38-9-7-6-8-33(38)26-37(43(50)54)32-11-17-48(18-12-32)39(51)27-34(24-31-23-30(2)41-35(25-31)28-44-45-41)42(53)49-21-19-47(20-22-49)36-13-15-46(3)16-14-36;1-16-11-17(12-18-14-23-24-21(16)18)13-19(22)15-26-7-9-27(10-8-26)20-3-5-25(2)6-4-20;1-2-3-8-19(23)25-14-22-18-7-5-4-6-16(18)13-17(20(22)24)15-9-11-21-12-10-15/h4,6-9,23,25-26,28,32,34,36H,1,5,10-22,24,27,29H2,2-3H3,(H,44,45);11-12,14,19-20H,3-10,13,15,22H2,1-2H3,(H,23,24);2,4-7,13,15,21H,1,3,8-12,14H2/t34-;19-;/m01./s1. The number of nitrogens with two attached hydrogens (primary N) is 1. The van der Waals surface area contributed by atoms with Crippen molar-refractivity contribution in [2.24, 2.45) is 11.7 Å². The lowest BCUT2D eigenvalue weighted by molar-refractivity contribution is -0.148. The second-order valence-corrected chi connectivity index (χ2v) is 30.7. The van der Waals surface area contributed by atoms with Gasteiger partial charge < -0.3 is 40.1 Å². The predicted octanol–water partition coefficient (Wildman–Crippen LogP) is 9.23. The van der Waals surface area contributed by atoms with Gasteiger partial charge in [0.25, 0.3) is 11.1 Å². The number of pyridine rings is 2. The van der Waals surface area contributed by atoms with Crippen LogP contribution >= 0.6 is 0 Å². The van der Waals surface area contributed by atoms with Gasteiger partial charge in [-0.3, -0.25) is 62.8 Å². The number of carbonyl (C=O) groups is 4. The van der Waals surface area contributed by atoms with E-state index in [0.717, 1.165) is 146 Å². The summed E-state index contributed by atoms with van der Waals surface area (Å²) in [6.07, 6.45) is 18.3. The molecule has 10 heterocycles. The topological polar surface area (TPSA) is 249 Å². The number of likely N-dealkylation sites (tertiary alicyclic amines) is 3. The number of ether oxygens (including phenoxy) is 2. The number of amides is 2. The molecular formula is C84H113N15O8. The van der Waals surface area contributed by atoms with Crippen LogP contribution < -0.4 is 22.2 Å². The van der Waals surface area contributed by atoms with Crippen molar-refractivity contribution in [2.45, 2.75) is 154 Å². The number of hydrogen-bond donors (Lipinski definition) is 4. The molecule has 8 aromatic rings. The van der Waals surface area contributed by atoms with E-state index in [9.17, 15) is 28.8 Å². The van der Waals surface area contributed by atoms with Crippen molar-refractivity contribution in [3.8, 4) is 0 Å². The van der Waals surface area contributed by atoms with Gasteiger partial charge in [-0.15, -0.1) is 13.2 Å². The van der Waals surface area contributed by atoms with Gasteiger partial charge in [-0.2, -0.15) is 10.2 Å². The van der Waals surface area contributed by atoms with Crippen LogP contribution in [0.5, 0.6) is 0 Å². The Kier molecular flexibility index (Phi) is 27.3. The number of aromatic nitrogens is 6. The van der Waals surface area contributed by atoms with E-state index in [0.29, 0.717) is 75.4 Å². The number of rotatable bonds is 23. The minimum absolute atomic E-state index is 0.0229. The lowest BCUT2D eigenvalue weighted by atomic mass is 9.88. The number of allylic oxidation sites excluding steroid dienone is 2. The first kappa shape index (κ1) is 77.9. The summed E-state index contributed by atoms with van der Waals surface area (Å²) < 4.78 is 13.9. The van der Waals surface area contributed by atoms with Gasteiger partial charge in [0.05, 0.1) is 40.4 Å². The molecule has 2 atom stereocenters. The zero-order valence-electron chi connectivity index (χ0n) is 63.6. The van der Waals surface area contributed by atoms with E-state index in [1.54, 1.807) is 27.5 Å². The van der Waals surface area contributed by atoms with Crippen molar-refractivity contribution in [1.29, 1.82) is 0 Å². The predicted molar refractivity (Wildman–Crippen MR) is 423 cm³/mol. The molecule has 572 valence electrons. The van der Waals surface area contributed by atoms with Gasteiger partial charge in [0.15, 0.2) is 13.5 Å². The van der Waals surface area contributed by atoms with Crippen molar-refractivity contribution >= 4 is 67.4 Å². The molecule has 6 fully saturated rings. The van der Waals surface area contributed by atoms with Crippen molar-refractivity contribution in [2.75, 3.05) is 125 Å². The van der Waals surface area contributed by atoms with Gasteiger partial charge in [0.2, 0.25) is 11.8 Å². The summed E-state index contributed by atoms with van der Waals surface area (Å²) >= 11 is 0. The van der Waals surface area contributed by atoms with Crippen LogP contribution in [0, 0.1) is 19.8 Å². The van der Waals surface area contributed by atoms with Gasteiger partial charge in [-0.25, -0.2) is 0 Å². The number of nitrogens with one attached hydrogen (secondary N) is 3. The summed E-state index contributed by atoms with van der Waals surface area (Å²) in [5.74, 6) is -0.943. The molecule has 6 saturated heterocycles. The van der Waals surface area contributed by atoms with E-state index in [1.807, 2.05) is 83.6 Å². The third kappa shape index (κ3) is 20.2. The molecule has 0 aliphatic carbocycles. The third-order valence-corrected chi connectivity index (χ3v) is 23.2. The molecule has 0 saturated carbocycles. The minimum Gasteiger partial charge on any atom is -0.444 e. The number of para-hydroxylation sites is 2. The minimum atomic E-state index is -0.481. The number of carbonyl (C=O) groups excluding carboxylic acids is 4. The van der Waals surface area contributed by atoms with Crippen molar-refractivity contribution < 1.29 is 28.7 Å². The van der Waals surface area contributed by atoms with Gasteiger partial charge >= 0.3 is 11.9 Å². The molecule has 107 heavy (non-hydrogen) atoms. The Morgan fingerprint density at radius 3 is 1.50 bits per heavy atom. The van der Waals surface area contributed by atoms with Crippen LogP contribution in [-0.2, 0) is 55.0 Å². The van der Waals surface area contributed by atoms with Gasteiger partial charge in [-0.1, -0.05) is 60.7 Å². The molecule has 0 radical (unpaired) electrons. The Balaban J connectivity index is 0.000000170. The summed E-state index contributed by atoms with van der Waals surface area (Å²) in [6.45, 7) is 27.6. The largest absolute Gasteiger partial charge is 0.444 e. The Hall–Kier alpha value is -8.68. The van der Waals surface area contributed by atoms with Crippen LogP contribution in [0.4, 0.5) is 0 Å². The van der Waals surface area contributed by atoms with E-state index in [1.165, 1.54) is 55.5 Å². The molecule has 23 heteroatoms. The lowest BCUT2D eigenvalue weighted by Gasteiger charge is -2.43. The monoisotopic (exact) mass is 1460 g/mol. The number of piperidine rings is 4. The number of piperazine rings is 2. The number of nitrogens with zero attached hydrogens (tertiary/aromatic N) is 11. The first-order valence-electron chi connectivity index (χ1n) is 39.2. The molecule has 0 bridgehead atoms. The molecular weight excluding hydrogens is 1350 g/mol. The van der Waals surface area contributed by atoms with Crippen LogP contribution in [0.1, 0.15) is 129 Å². The van der Waals surface area contributed by atoms with Crippen molar-refractivity contribution in [3.05, 3.63) is 177 Å². The molecule has 0 unspecified atom stereocenters. The molecule has 6 aliphatic heterocycles. The second kappa shape index (κ2) is 37.4. The summed E-state index contributed by atoms with van der Waals surface area (Å²) in [7, 11) is 4.42. The van der Waals surface area contributed by atoms with E-state index < -0.39 is 5.92 Å². The quantitative estimate of drug-likeness (QED) is 0.0344. The number of aromatic amines is 2. The Morgan fingerprint density at radius 1 is 0.551 bits per heavy atom. The van der Waals surface area contributed by atoms with Crippen LogP contribution in [-0.4, -0.2) is 231 Å². The molecule has 5 N–H and O–H groups in total. The van der Waals surface area contributed by atoms with Crippen molar-refractivity contribution in [1.82, 2.24) is 69.1 Å². The number of esters is 2. The Morgan fingerprint density at radius 2 is 1.01 bits per heavy atom. The summed E-state index contributed by atoms with van der Waals surface area (Å²) in [6, 6.07) is 29.5. The highest BCUT2D eigenvalue weighted by molar-refractivity contribution is 5.88. The number of fused-ring (bicyclic) bond motifs is 4. The molecule has 14 rings (SSSR count). The first-order valence-corrected chi connectivity index (χ1v) is 39.2. The smallest absolute Gasteiger partial charge is 0.307 e. The summed E-state index contributed by atoms with van der Waals surface area (Å²) in [5, 5.41) is 21.9. The van der Waals surface area contributed by atoms with E-state index in [2.05, 4.69) is 109 Å². The number of benzene rings is 4. The highest BCUT2D eigenvalue weighted by atomic mass is 16.5. The molecule has 2 amide bonds. The third-order valence-electron chi connectivity index (χ3n) is 23.2. The van der Waals surface area contributed by atoms with Crippen LogP contribution in [0.25, 0.3) is 43.6 Å². The fourth-order valence-electron chi connectivity index (χ4n) is 17.0.